The van der Waals surface area contributed by atoms with Crippen molar-refractivity contribution in [2.24, 2.45) is 0 Å². The van der Waals surface area contributed by atoms with Gasteiger partial charge in [-0.2, -0.15) is 0 Å². The Morgan fingerprint density at radius 1 is 1.15 bits per heavy atom. The summed E-state index contributed by atoms with van der Waals surface area (Å²) in [4.78, 5) is 34.1. The van der Waals surface area contributed by atoms with E-state index in [4.69, 9.17) is 4.74 Å². The molecule has 0 heterocycles. The van der Waals surface area contributed by atoms with Crippen LogP contribution in [0.4, 0.5) is 0 Å². The Kier molecular flexibility index (Phi) is 5.71. The lowest BCUT2D eigenvalue weighted by Crippen LogP contribution is -2.37. The molecule has 0 aliphatic heterocycles. The van der Waals surface area contributed by atoms with Gasteiger partial charge in [0.2, 0.25) is 5.91 Å². The van der Waals surface area contributed by atoms with Crippen molar-refractivity contribution in [3.05, 3.63) is 34.9 Å². The Morgan fingerprint density at radius 2 is 1.85 bits per heavy atom. The lowest BCUT2D eigenvalue weighted by atomic mass is 10.0. The van der Waals surface area contributed by atoms with Gasteiger partial charge in [0.25, 0.3) is 5.91 Å². The molecule has 1 aromatic carbocycles. The summed E-state index contributed by atoms with van der Waals surface area (Å²) in [7, 11) is 1.47. The minimum absolute atomic E-state index is 0.143. The fraction of sp³-hybridized carbons (Fsp3) is 0.357. The van der Waals surface area contributed by atoms with E-state index in [1.165, 1.54) is 7.05 Å². The first-order chi connectivity index (χ1) is 9.45. The molecule has 0 aliphatic carbocycles. The number of carbonyl (C=O) groups is 3. The van der Waals surface area contributed by atoms with Crippen molar-refractivity contribution < 1.29 is 19.1 Å². The molecule has 6 nitrogen and oxygen atoms in total. The number of rotatable bonds is 5. The van der Waals surface area contributed by atoms with Gasteiger partial charge in [0.15, 0.2) is 6.61 Å². The number of amides is 2. The van der Waals surface area contributed by atoms with Crippen LogP contribution in [-0.4, -0.2) is 38.0 Å². The van der Waals surface area contributed by atoms with E-state index in [2.05, 4.69) is 10.6 Å². The third-order valence-corrected chi connectivity index (χ3v) is 2.88. The van der Waals surface area contributed by atoms with Gasteiger partial charge in [-0.1, -0.05) is 12.1 Å². The van der Waals surface area contributed by atoms with Gasteiger partial charge in [0.05, 0.1) is 12.1 Å². The van der Waals surface area contributed by atoms with E-state index >= 15 is 0 Å². The minimum Gasteiger partial charge on any atom is -0.452 e. The second-order valence-corrected chi connectivity index (χ2v) is 4.27. The van der Waals surface area contributed by atoms with E-state index in [1.807, 2.05) is 19.9 Å². The summed E-state index contributed by atoms with van der Waals surface area (Å²) in [5.74, 6) is -1.40. The van der Waals surface area contributed by atoms with Gasteiger partial charge < -0.3 is 15.4 Å². The maximum Gasteiger partial charge on any atom is 0.338 e. The Hall–Kier alpha value is -2.37. The van der Waals surface area contributed by atoms with Crippen LogP contribution in [0.1, 0.15) is 21.5 Å². The molecule has 108 valence electrons. The van der Waals surface area contributed by atoms with Crippen LogP contribution in [0, 0.1) is 13.8 Å². The average molecular weight is 278 g/mol. The number of aryl methyl sites for hydroxylation is 1. The molecule has 0 radical (unpaired) electrons. The van der Waals surface area contributed by atoms with Crippen LogP contribution in [0.25, 0.3) is 0 Å². The molecule has 2 amide bonds. The zero-order chi connectivity index (χ0) is 15.1. The Morgan fingerprint density at radius 3 is 2.50 bits per heavy atom. The normalized spacial score (nSPS) is 9.75. The standard InChI is InChI=1S/C14H18N2O4/c1-9-5-4-6-11(10(9)2)14(19)20-8-13(18)16-7-12(17)15-3/h4-6H,7-8H2,1-3H3,(H,15,17)(H,16,18). The highest BCUT2D eigenvalue weighted by Gasteiger charge is 2.13. The van der Waals surface area contributed by atoms with E-state index in [9.17, 15) is 14.4 Å². The van der Waals surface area contributed by atoms with Crippen molar-refractivity contribution >= 4 is 17.8 Å². The number of hydrogen-bond donors (Lipinski definition) is 2. The summed E-state index contributed by atoms with van der Waals surface area (Å²) in [6.07, 6.45) is 0. The molecule has 1 rings (SSSR count). The number of ether oxygens (including phenoxy) is 1. The number of hydrogen-bond acceptors (Lipinski definition) is 4. The van der Waals surface area contributed by atoms with Crippen LogP contribution in [0.2, 0.25) is 0 Å². The summed E-state index contributed by atoms with van der Waals surface area (Å²) < 4.78 is 4.91. The molecule has 6 heteroatoms. The maximum atomic E-state index is 11.8. The van der Waals surface area contributed by atoms with Crippen LogP contribution < -0.4 is 10.6 Å². The van der Waals surface area contributed by atoms with Crippen molar-refractivity contribution in [2.45, 2.75) is 13.8 Å². The number of carbonyl (C=O) groups excluding carboxylic acids is 3. The maximum absolute atomic E-state index is 11.8. The second kappa shape index (κ2) is 7.28. The van der Waals surface area contributed by atoms with Crippen LogP contribution >= 0.6 is 0 Å². The van der Waals surface area contributed by atoms with Gasteiger partial charge in [-0.25, -0.2) is 4.79 Å². The highest BCUT2D eigenvalue weighted by Crippen LogP contribution is 2.13. The first kappa shape index (κ1) is 15.7. The fourth-order valence-corrected chi connectivity index (χ4v) is 1.50. The molecule has 0 fully saturated rings. The van der Waals surface area contributed by atoms with E-state index in [0.717, 1.165) is 11.1 Å². The Balaban J connectivity index is 2.49. The van der Waals surface area contributed by atoms with Crippen LogP contribution in [0.3, 0.4) is 0 Å². The van der Waals surface area contributed by atoms with Crippen molar-refractivity contribution in [2.75, 3.05) is 20.2 Å². The summed E-state index contributed by atoms with van der Waals surface area (Å²) in [6, 6.07) is 5.29. The summed E-state index contributed by atoms with van der Waals surface area (Å²) >= 11 is 0. The minimum atomic E-state index is -0.554. The van der Waals surface area contributed by atoms with Gasteiger partial charge in [0.1, 0.15) is 0 Å². The third-order valence-electron chi connectivity index (χ3n) is 2.88. The smallest absolute Gasteiger partial charge is 0.338 e. The summed E-state index contributed by atoms with van der Waals surface area (Å²) in [5, 5.41) is 4.70. The number of nitrogens with one attached hydrogen (secondary N) is 2. The van der Waals surface area contributed by atoms with E-state index in [0.29, 0.717) is 5.56 Å². The quantitative estimate of drug-likeness (QED) is 0.760. The molecule has 0 saturated carbocycles. The first-order valence-electron chi connectivity index (χ1n) is 6.16. The predicted octanol–water partition coefficient (Wildman–Crippen LogP) is 0.322. The monoisotopic (exact) mass is 278 g/mol. The molecule has 0 saturated heterocycles. The summed E-state index contributed by atoms with van der Waals surface area (Å²) in [5.41, 5.74) is 2.23. The molecule has 0 spiro atoms. The lowest BCUT2D eigenvalue weighted by Gasteiger charge is -2.09. The molecule has 0 unspecified atom stereocenters. The van der Waals surface area contributed by atoms with Crippen LogP contribution in [0.5, 0.6) is 0 Å². The van der Waals surface area contributed by atoms with Crippen molar-refractivity contribution in [3.63, 3.8) is 0 Å². The van der Waals surface area contributed by atoms with Crippen LogP contribution in [0.15, 0.2) is 18.2 Å². The van der Waals surface area contributed by atoms with E-state index in [1.54, 1.807) is 12.1 Å². The zero-order valence-electron chi connectivity index (χ0n) is 11.8. The Labute approximate surface area is 117 Å². The van der Waals surface area contributed by atoms with E-state index in [-0.39, 0.29) is 12.5 Å². The zero-order valence-corrected chi connectivity index (χ0v) is 11.8. The lowest BCUT2D eigenvalue weighted by molar-refractivity contribution is -0.127. The van der Waals surface area contributed by atoms with Crippen molar-refractivity contribution in [1.82, 2.24) is 10.6 Å². The molecule has 0 aliphatic rings. The average Bonchev–Trinajstić information content (AvgIpc) is 2.44. The number of esters is 1. The number of benzene rings is 1. The molecular weight excluding hydrogens is 260 g/mol. The largest absolute Gasteiger partial charge is 0.452 e. The third kappa shape index (κ3) is 4.38. The van der Waals surface area contributed by atoms with Crippen molar-refractivity contribution in [1.29, 1.82) is 0 Å². The van der Waals surface area contributed by atoms with E-state index < -0.39 is 18.5 Å². The van der Waals surface area contributed by atoms with Gasteiger partial charge in [-0.3, -0.25) is 9.59 Å². The molecule has 0 bridgehead atoms. The Bertz CT molecular complexity index is 526. The first-order valence-corrected chi connectivity index (χ1v) is 6.16. The highest BCUT2D eigenvalue weighted by molar-refractivity contribution is 5.93. The predicted molar refractivity (Wildman–Crippen MR) is 73.3 cm³/mol. The van der Waals surface area contributed by atoms with Crippen LogP contribution in [-0.2, 0) is 14.3 Å². The van der Waals surface area contributed by atoms with Gasteiger partial charge in [-0.15, -0.1) is 0 Å². The molecular formula is C14H18N2O4. The molecule has 0 atom stereocenters. The fourth-order valence-electron chi connectivity index (χ4n) is 1.50. The summed E-state index contributed by atoms with van der Waals surface area (Å²) in [6.45, 7) is 3.15. The molecule has 20 heavy (non-hydrogen) atoms. The van der Waals surface area contributed by atoms with Crippen molar-refractivity contribution in [3.8, 4) is 0 Å². The molecule has 2 N–H and O–H groups in total. The van der Waals surface area contributed by atoms with Gasteiger partial charge in [0, 0.05) is 7.05 Å². The SMILES string of the molecule is CNC(=O)CNC(=O)COC(=O)c1cccc(C)c1C. The topological polar surface area (TPSA) is 84.5 Å². The molecule has 0 aromatic heterocycles. The second-order valence-electron chi connectivity index (χ2n) is 4.27. The van der Waals surface area contributed by atoms with Gasteiger partial charge in [-0.05, 0) is 31.0 Å². The molecule has 1 aromatic rings. The number of likely N-dealkylation sites (N-methyl/N-ethyl adjacent to an activating group) is 1. The highest BCUT2D eigenvalue weighted by atomic mass is 16.5. The van der Waals surface area contributed by atoms with Gasteiger partial charge >= 0.3 is 5.97 Å².